The van der Waals surface area contributed by atoms with Crippen LogP contribution in [-0.2, 0) is 24.4 Å². The summed E-state index contributed by atoms with van der Waals surface area (Å²) in [6, 6.07) is 1.50. The first kappa shape index (κ1) is 23.5. The average molecular weight is 476 g/mol. The first-order valence-corrected chi connectivity index (χ1v) is 12.6. The zero-order valence-corrected chi connectivity index (χ0v) is 19.0. The van der Waals surface area contributed by atoms with Crippen LogP contribution in [0.3, 0.4) is 0 Å². The number of hydrogen-bond donors (Lipinski definition) is 1. The third kappa shape index (κ3) is 3.86. The second-order valence-electron chi connectivity index (χ2n) is 8.87. The number of hydrogen-bond acceptors (Lipinski definition) is 7. The highest BCUT2D eigenvalue weighted by Gasteiger charge is 2.68. The van der Waals surface area contributed by atoms with Gasteiger partial charge in [-0.2, -0.15) is 4.31 Å². The number of nitrogens with zero attached hydrogens (tertiary/aromatic N) is 3. The van der Waals surface area contributed by atoms with Gasteiger partial charge in [-0.15, -0.1) is 0 Å². The minimum atomic E-state index is -4.65. The van der Waals surface area contributed by atoms with Gasteiger partial charge in [0.1, 0.15) is 0 Å². The van der Waals surface area contributed by atoms with E-state index in [4.69, 9.17) is 5.73 Å². The fourth-order valence-corrected chi connectivity index (χ4v) is 6.90. The molecule has 10 nitrogen and oxygen atoms in total. The topological polar surface area (TPSA) is 148 Å². The van der Waals surface area contributed by atoms with Crippen LogP contribution in [0, 0.1) is 12.3 Å². The average Bonchev–Trinajstić information content (AvgIpc) is 3.35. The van der Waals surface area contributed by atoms with E-state index >= 15 is 0 Å². The van der Waals surface area contributed by atoms with Crippen LogP contribution < -0.4 is 5.73 Å². The molecule has 0 spiro atoms. The maximum absolute atomic E-state index is 13.1. The van der Waals surface area contributed by atoms with Crippen molar-refractivity contribution in [3.8, 4) is 0 Å². The number of likely N-dealkylation sites (tertiary alicyclic amines) is 1. The lowest BCUT2D eigenvalue weighted by molar-refractivity contribution is -0.147. The highest BCUT2D eigenvalue weighted by molar-refractivity contribution is 8.04. The molecule has 0 bridgehead atoms. The predicted molar refractivity (Wildman–Crippen MR) is 117 cm³/mol. The number of amides is 2. The summed E-state index contributed by atoms with van der Waals surface area (Å²) in [7, 11) is -4.65. The number of primary amides is 1. The largest absolute Gasteiger partial charge is 0.367 e. The molecule has 2 amide bonds. The summed E-state index contributed by atoms with van der Waals surface area (Å²) in [4.78, 5) is 56.4. The van der Waals surface area contributed by atoms with Gasteiger partial charge in [-0.25, -0.2) is 8.42 Å². The quantitative estimate of drug-likeness (QED) is 0.587. The Morgan fingerprint density at radius 2 is 1.91 bits per heavy atom. The first-order valence-electron chi connectivity index (χ1n) is 11.1. The van der Waals surface area contributed by atoms with Crippen molar-refractivity contribution in [2.45, 2.75) is 56.5 Å². The van der Waals surface area contributed by atoms with Gasteiger partial charge in [-0.1, -0.05) is 32.1 Å². The van der Waals surface area contributed by atoms with Gasteiger partial charge in [0.05, 0.1) is 24.6 Å². The SMILES string of the molecule is NC(=O)C12C(=O)CN(S(=O)(=O)C(=O)c3cccnc3)C1CCN2C(=O)[CH]CC1CCCCC1. The molecule has 2 saturated heterocycles. The Morgan fingerprint density at radius 3 is 2.55 bits per heavy atom. The minimum absolute atomic E-state index is 0.00749. The van der Waals surface area contributed by atoms with E-state index in [0.717, 1.165) is 41.1 Å². The Labute approximate surface area is 192 Å². The maximum atomic E-state index is 13.1. The number of ketones is 1. The molecule has 11 heteroatoms. The van der Waals surface area contributed by atoms with E-state index in [0.29, 0.717) is 12.3 Å². The van der Waals surface area contributed by atoms with E-state index in [9.17, 15) is 27.6 Å². The van der Waals surface area contributed by atoms with Gasteiger partial charge in [0.15, 0.2) is 11.3 Å². The van der Waals surface area contributed by atoms with Crippen molar-refractivity contribution in [3.63, 3.8) is 0 Å². The first-order chi connectivity index (χ1) is 15.7. The fourth-order valence-electron chi connectivity index (χ4n) is 5.39. The van der Waals surface area contributed by atoms with Crippen molar-refractivity contribution in [1.29, 1.82) is 0 Å². The number of carbonyl (C=O) groups excluding carboxylic acids is 4. The minimum Gasteiger partial charge on any atom is -0.367 e. The smallest absolute Gasteiger partial charge is 0.293 e. The van der Waals surface area contributed by atoms with Crippen LogP contribution in [0.4, 0.5) is 0 Å². The molecule has 1 radical (unpaired) electrons. The number of Topliss-reactive ketones (excluding diaryl/α,β-unsaturated/α-hetero) is 1. The van der Waals surface area contributed by atoms with Crippen molar-refractivity contribution in [1.82, 2.24) is 14.2 Å². The molecule has 33 heavy (non-hydrogen) atoms. The molecule has 177 valence electrons. The summed E-state index contributed by atoms with van der Waals surface area (Å²) >= 11 is 0. The van der Waals surface area contributed by atoms with Crippen LogP contribution in [0.15, 0.2) is 24.5 Å². The normalized spacial score (nSPS) is 26.4. The van der Waals surface area contributed by atoms with Crippen molar-refractivity contribution < 1.29 is 27.6 Å². The number of pyridine rings is 1. The van der Waals surface area contributed by atoms with Gasteiger partial charge in [0, 0.05) is 18.9 Å². The van der Waals surface area contributed by atoms with Gasteiger partial charge < -0.3 is 10.6 Å². The maximum Gasteiger partial charge on any atom is 0.293 e. The molecule has 0 aromatic carbocycles. The summed E-state index contributed by atoms with van der Waals surface area (Å²) in [5, 5.41) is -1.22. The van der Waals surface area contributed by atoms with E-state index in [1.54, 1.807) is 0 Å². The molecular formula is C22H27N4O6S. The second kappa shape index (κ2) is 8.94. The Bertz CT molecular complexity index is 1070. The Balaban J connectivity index is 1.59. The molecule has 1 aromatic heterocycles. The zero-order valence-electron chi connectivity index (χ0n) is 18.2. The van der Waals surface area contributed by atoms with E-state index in [1.807, 2.05) is 0 Å². The summed E-state index contributed by atoms with van der Waals surface area (Å²) in [6.45, 7) is -0.708. The molecule has 1 aromatic rings. The number of nitrogens with two attached hydrogens (primary N) is 1. The van der Waals surface area contributed by atoms with E-state index < -0.39 is 50.9 Å². The van der Waals surface area contributed by atoms with Crippen molar-refractivity contribution in [3.05, 3.63) is 36.5 Å². The van der Waals surface area contributed by atoms with Crippen LogP contribution in [0.25, 0.3) is 0 Å². The lowest BCUT2D eigenvalue weighted by Gasteiger charge is -2.34. The Morgan fingerprint density at radius 1 is 1.18 bits per heavy atom. The van der Waals surface area contributed by atoms with Gasteiger partial charge in [-0.05, 0) is 30.9 Å². The van der Waals surface area contributed by atoms with Crippen molar-refractivity contribution in [2.75, 3.05) is 13.1 Å². The number of aromatic nitrogens is 1. The van der Waals surface area contributed by atoms with Gasteiger partial charge in [0.2, 0.25) is 5.91 Å². The fraction of sp³-hybridized carbons (Fsp3) is 0.545. The second-order valence-corrected chi connectivity index (χ2v) is 10.7. The third-order valence-electron chi connectivity index (χ3n) is 7.04. The van der Waals surface area contributed by atoms with Gasteiger partial charge in [-0.3, -0.25) is 24.2 Å². The van der Waals surface area contributed by atoms with Crippen LogP contribution in [0.2, 0.25) is 0 Å². The van der Waals surface area contributed by atoms with E-state index in [1.165, 1.54) is 31.2 Å². The summed E-state index contributed by atoms with van der Waals surface area (Å²) in [5.74, 6) is -2.01. The number of sulfonamides is 1. The number of rotatable bonds is 6. The highest BCUT2D eigenvalue weighted by atomic mass is 32.2. The zero-order chi connectivity index (χ0) is 23.8. The molecular weight excluding hydrogens is 448 g/mol. The third-order valence-corrected chi connectivity index (χ3v) is 8.74. The number of fused-ring (bicyclic) bond motifs is 1. The van der Waals surface area contributed by atoms with Crippen molar-refractivity contribution >= 4 is 32.7 Å². The molecule has 4 rings (SSSR count). The lowest BCUT2D eigenvalue weighted by Crippen LogP contribution is -2.64. The standard InChI is InChI=1S/C22H27N4O6S/c23-21(30)22-17(10-12-25(22)19(28)9-8-15-5-2-1-3-6-15)26(14-18(22)27)33(31,32)20(29)16-7-4-11-24-13-16/h4,7,9,11,13,15,17H,1-3,5-6,8,10,12,14H2,(H2,23,30). The molecule has 2 unspecified atom stereocenters. The molecule has 3 aliphatic rings. The van der Waals surface area contributed by atoms with Crippen molar-refractivity contribution in [2.24, 2.45) is 11.7 Å². The molecule has 2 N–H and O–H groups in total. The van der Waals surface area contributed by atoms with Gasteiger partial charge >= 0.3 is 0 Å². The highest BCUT2D eigenvalue weighted by Crippen LogP contribution is 2.42. The molecule has 1 saturated carbocycles. The monoisotopic (exact) mass is 475 g/mol. The van der Waals surface area contributed by atoms with Crippen LogP contribution in [0.1, 0.15) is 55.3 Å². The summed E-state index contributed by atoms with van der Waals surface area (Å²) in [5.41, 5.74) is 3.37. The summed E-state index contributed by atoms with van der Waals surface area (Å²) in [6.07, 6.45) is 9.99. The van der Waals surface area contributed by atoms with E-state index in [2.05, 4.69) is 4.98 Å². The Hall–Kier alpha value is -2.66. The molecule has 3 heterocycles. The molecule has 2 atom stereocenters. The van der Waals surface area contributed by atoms with Crippen LogP contribution in [0.5, 0.6) is 0 Å². The number of carbonyl (C=O) groups is 4. The van der Waals surface area contributed by atoms with Crippen LogP contribution >= 0.6 is 0 Å². The Kier molecular flexibility index (Phi) is 6.37. The van der Waals surface area contributed by atoms with Crippen LogP contribution in [-0.4, -0.2) is 70.0 Å². The predicted octanol–water partition coefficient (Wildman–Crippen LogP) is 0.436. The van der Waals surface area contributed by atoms with Gasteiger partial charge in [0.25, 0.3) is 21.0 Å². The molecule has 1 aliphatic carbocycles. The molecule has 3 fully saturated rings. The van der Waals surface area contributed by atoms with E-state index in [-0.39, 0.29) is 18.5 Å². The lowest BCUT2D eigenvalue weighted by atomic mass is 9.85. The molecule has 2 aliphatic heterocycles. The summed E-state index contributed by atoms with van der Waals surface area (Å²) < 4.78 is 27.0.